The number of rotatable bonds is 9. The van der Waals surface area contributed by atoms with Gasteiger partial charge in [-0.15, -0.1) is 0 Å². The lowest BCUT2D eigenvalue weighted by Crippen LogP contribution is -2.30. The molecule has 0 unspecified atom stereocenters. The highest BCUT2D eigenvalue weighted by atomic mass is 16.5. The fourth-order valence-corrected chi connectivity index (χ4v) is 2.30. The van der Waals surface area contributed by atoms with Crippen LogP contribution in [0, 0.1) is 0 Å². The normalized spacial score (nSPS) is 10.1. The molecule has 1 N–H and O–H groups in total. The van der Waals surface area contributed by atoms with E-state index in [-0.39, 0.29) is 24.0 Å². The molecule has 0 fully saturated rings. The van der Waals surface area contributed by atoms with Crippen molar-refractivity contribution < 1.29 is 23.8 Å². The second-order valence-electron chi connectivity index (χ2n) is 5.28. The number of pyridine rings is 1. The Kier molecular flexibility index (Phi) is 7.42. The number of nitrogens with one attached hydrogen (secondary N) is 1. The monoisotopic (exact) mass is 358 g/mol. The summed E-state index contributed by atoms with van der Waals surface area (Å²) in [6, 6.07) is 10.7. The predicted octanol–water partition coefficient (Wildman–Crippen LogP) is 2.00. The number of hydrogen-bond acceptors (Lipinski definition) is 6. The Morgan fingerprint density at radius 1 is 1.15 bits per heavy atom. The van der Waals surface area contributed by atoms with Gasteiger partial charge in [-0.2, -0.15) is 0 Å². The number of amides is 1. The SMILES string of the molecule is CCOc1ncccc1C(=O)OCC(=O)NCCc1ccccc1OC. The van der Waals surface area contributed by atoms with Crippen molar-refractivity contribution in [3.63, 3.8) is 0 Å². The number of hydrogen-bond donors (Lipinski definition) is 1. The molecule has 0 aliphatic carbocycles. The number of methoxy groups -OCH3 is 1. The average molecular weight is 358 g/mol. The average Bonchev–Trinajstić information content (AvgIpc) is 2.67. The van der Waals surface area contributed by atoms with Gasteiger partial charge < -0.3 is 19.5 Å². The maximum atomic E-state index is 12.1. The van der Waals surface area contributed by atoms with Crippen LogP contribution in [0.5, 0.6) is 11.6 Å². The molecular formula is C19H22N2O5. The van der Waals surface area contributed by atoms with E-state index < -0.39 is 5.97 Å². The Morgan fingerprint density at radius 2 is 1.96 bits per heavy atom. The molecule has 0 atom stereocenters. The van der Waals surface area contributed by atoms with Gasteiger partial charge in [0.15, 0.2) is 6.61 Å². The quantitative estimate of drug-likeness (QED) is 0.690. The zero-order valence-corrected chi connectivity index (χ0v) is 14.9. The van der Waals surface area contributed by atoms with E-state index in [1.807, 2.05) is 24.3 Å². The highest BCUT2D eigenvalue weighted by Crippen LogP contribution is 2.17. The molecule has 7 heteroatoms. The summed E-state index contributed by atoms with van der Waals surface area (Å²) in [6.45, 7) is 2.21. The standard InChI is InChI=1S/C19H22N2O5/c1-3-25-18-15(8-6-11-21-18)19(23)26-13-17(22)20-12-10-14-7-4-5-9-16(14)24-2/h4-9,11H,3,10,12-13H2,1-2H3,(H,20,22). The molecule has 0 aliphatic rings. The minimum atomic E-state index is -0.651. The number of ether oxygens (including phenoxy) is 3. The van der Waals surface area contributed by atoms with E-state index in [9.17, 15) is 9.59 Å². The van der Waals surface area contributed by atoms with Gasteiger partial charge >= 0.3 is 5.97 Å². The van der Waals surface area contributed by atoms with Gasteiger partial charge in [0.25, 0.3) is 5.91 Å². The first-order valence-electron chi connectivity index (χ1n) is 8.29. The number of para-hydroxylation sites is 1. The molecule has 138 valence electrons. The second-order valence-corrected chi connectivity index (χ2v) is 5.28. The smallest absolute Gasteiger partial charge is 0.344 e. The van der Waals surface area contributed by atoms with E-state index in [0.29, 0.717) is 19.6 Å². The van der Waals surface area contributed by atoms with Gasteiger partial charge in [-0.25, -0.2) is 9.78 Å². The summed E-state index contributed by atoms with van der Waals surface area (Å²) in [5, 5.41) is 2.71. The van der Waals surface area contributed by atoms with Gasteiger partial charge in [0, 0.05) is 12.7 Å². The fraction of sp³-hybridized carbons (Fsp3) is 0.316. The third-order valence-corrected chi connectivity index (χ3v) is 3.52. The van der Waals surface area contributed by atoms with Crippen LogP contribution in [0.1, 0.15) is 22.8 Å². The minimum Gasteiger partial charge on any atom is -0.496 e. The first-order valence-corrected chi connectivity index (χ1v) is 8.29. The summed E-state index contributed by atoms with van der Waals surface area (Å²) in [4.78, 5) is 27.9. The summed E-state index contributed by atoms with van der Waals surface area (Å²) in [6.07, 6.45) is 2.13. The van der Waals surface area contributed by atoms with Crippen molar-refractivity contribution in [2.24, 2.45) is 0 Å². The van der Waals surface area contributed by atoms with Crippen molar-refractivity contribution >= 4 is 11.9 Å². The minimum absolute atomic E-state index is 0.191. The van der Waals surface area contributed by atoms with Gasteiger partial charge in [-0.05, 0) is 37.1 Å². The van der Waals surface area contributed by atoms with Crippen LogP contribution < -0.4 is 14.8 Å². The van der Waals surface area contributed by atoms with Crippen LogP contribution in [-0.4, -0.2) is 43.7 Å². The Hall–Kier alpha value is -3.09. The first kappa shape index (κ1) is 19.2. The molecule has 0 bridgehead atoms. The van der Waals surface area contributed by atoms with Crippen molar-refractivity contribution in [2.75, 3.05) is 26.9 Å². The molecule has 2 aromatic rings. The molecule has 26 heavy (non-hydrogen) atoms. The molecule has 1 heterocycles. The number of carbonyl (C=O) groups is 2. The highest BCUT2D eigenvalue weighted by molar-refractivity contribution is 5.93. The molecule has 2 rings (SSSR count). The summed E-state index contributed by atoms with van der Waals surface area (Å²) in [5.41, 5.74) is 1.18. The van der Waals surface area contributed by atoms with Crippen molar-refractivity contribution in [1.29, 1.82) is 0 Å². The third kappa shape index (κ3) is 5.47. The van der Waals surface area contributed by atoms with Gasteiger partial charge in [0.05, 0.1) is 13.7 Å². The molecule has 0 radical (unpaired) electrons. The highest BCUT2D eigenvalue weighted by Gasteiger charge is 2.16. The van der Waals surface area contributed by atoms with E-state index in [2.05, 4.69) is 10.3 Å². The lowest BCUT2D eigenvalue weighted by molar-refractivity contribution is -0.124. The zero-order chi connectivity index (χ0) is 18.8. The maximum absolute atomic E-state index is 12.1. The fourth-order valence-electron chi connectivity index (χ4n) is 2.30. The van der Waals surface area contributed by atoms with Gasteiger partial charge in [0.2, 0.25) is 5.88 Å². The Balaban J connectivity index is 1.79. The number of nitrogens with zero attached hydrogens (tertiary/aromatic N) is 1. The van der Waals surface area contributed by atoms with Crippen LogP contribution in [0.2, 0.25) is 0 Å². The summed E-state index contributed by atoms with van der Waals surface area (Å²) >= 11 is 0. The van der Waals surface area contributed by atoms with Crippen LogP contribution >= 0.6 is 0 Å². The van der Waals surface area contributed by atoms with E-state index >= 15 is 0 Å². The van der Waals surface area contributed by atoms with Gasteiger partial charge in [-0.3, -0.25) is 4.79 Å². The third-order valence-electron chi connectivity index (χ3n) is 3.52. The summed E-state index contributed by atoms with van der Waals surface area (Å²) < 4.78 is 15.6. The predicted molar refractivity (Wildman–Crippen MR) is 95.4 cm³/mol. The van der Waals surface area contributed by atoms with Crippen LogP contribution in [0.4, 0.5) is 0 Å². The van der Waals surface area contributed by atoms with Crippen molar-refractivity contribution in [3.05, 3.63) is 53.7 Å². The lowest BCUT2D eigenvalue weighted by Gasteiger charge is -2.10. The molecule has 0 saturated heterocycles. The van der Waals surface area contributed by atoms with Crippen molar-refractivity contribution in [1.82, 2.24) is 10.3 Å². The van der Waals surface area contributed by atoms with Crippen molar-refractivity contribution in [2.45, 2.75) is 13.3 Å². The second kappa shape index (κ2) is 10.0. The van der Waals surface area contributed by atoms with E-state index in [1.165, 1.54) is 6.20 Å². The van der Waals surface area contributed by atoms with Gasteiger partial charge in [0.1, 0.15) is 11.3 Å². The number of carbonyl (C=O) groups excluding carboxylic acids is 2. The molecule has 0 saturated carbocycles. The van der Waals surface area contributed by atoms with E-state index in [1.54, 1.807) is 26.2 Å². The lowest BCUT2D eigenvalue weighted by atomic mass is 10.1. The van der Waals surface area contributed by atoms with Crippen LogP contribution in [0.25, 0.3) is 0 Å². The number of esters is 1. The Labute approximate surface area is 152 Å². The Morgan fingerprint density at radius 3 is 2.73 bits per heavy atom. The van der Waals surface area contributed by atoms with Gasteiger partial charge in [-0.1, -0.05) is 18.2 Å². The molecule has 0 spiro atoms. The Bertz CT molecular complexity index is 748. The molecule has 7 nitrogen and oxygen atoms in total. The van der Waals surface area contributed by atoms with Crippen LogP contribution in [0.15, 0.2) is 42.6 Å². The van der Waals surface area contributed by atoms with E-state index in [4.69, 9.17) is 14.2 Å². The van der Waals surface area contributed by atoms with Crippen molar-refractivity contribution in [3.8, 4) is 11.6 Å². The number of benzene rings is 1. The molecule has 0 aliphatic heterocycles. The summed E-state index contributed by atoms with van der Waals surface area (Å²) in [7, 11) is 1.60. The summed E-state index contributed by atoms with van der Waals surface area (Å²) in [5.74, 6) is -0.0682. The maximum Gasteiger partial charge on any atom is 0.344 e. The van der Waals surface area contributed by atoms with Crippen LogP contribution in [-0.2, 0) is 16.0 Å². The number of aromatic nitrogens is 1. The molecule has 1 amide bonds. The molecule has 1 aromatic carbocycles. The first-order chi connectivity index (χ1) is 12.7. The molecular weight excluding hydrogens is 336 g/mol. The zero-order valence-electron chi connectivity index (χ0n) is 14.9. The molecule has 1 aromatic heterocycles. The van der Waals surface area contributed by atoms with Crippen LogP contribution in [0.3, 0.4) is 0 Å². The largest absolute Gasteiger partial charge is 0.496 e. The topological polar surface area (TPSA) is 86.8 Å². The van der Waals surface area contributed by atoms with E-state index in [0.717, 1.165) is 11.3 Å².